The summed E-state index contributed by atoms with van der Waals surface area (Å²) in [5.41, 5.74) is 22.4. The molecule has 0 bridgehead atoms. The molecule has 3 N–H and O–H groups in total. The van der Waals surface area contributed by atoms with E-state index in [9.17, 15) is 0 Å². The molecule has 0 fully saturated rings. The molecule has 0 radical (unpaired) electrons. The Morgan fingerprint density at radius 2 is 1.18 bits per heavy atom. The summed E-state index contributed by atoms with van der Waals surface area (Å²) in [6.45, 7) is 0. The maximum Gasteiger partial charge on any atom is 0.0639 e. The second-order valence-corrected chi connectivity index (χ2v) is 11.8. The predicted octanol–water partition coefficient (Wildman–Crippen LogP) is 10.2. The molecule has 9 rings (SSSR count). The fourth-order valence-electron chi connectivity index (χ4n) is 7.54. The molecule has 0 amide bonds. The first-order valence-corrected chi connectivity index (χ1v) is 15.1. The summed E-state index contributed by atoms with van der Waals surface area (Å²) in [7, 11) is 0. The van der Waals surface area contributed by atoms with Gasteiger partial charge in [-0.05, 0) is 101 Å². The molecular weight excluding hydrogens is 532 g/mol. The van der Waals surface area contributed by atoms with Crippen LogP contribution in [0.4, 0.5) is 0 Å². The first kappa shape index (κ1) is 24.8. The Morgan fingerprint density at radius 1 is 0.545 bits per heavy atom. The number of rotatable bonds is 4. The minimum Gasteiger partial charge on any atom is -0.398 e. The van der Waals surface area contributed by atoms with Crippen molar-refractivity contribution in [1.82, 2.24) is 0 Å². The van der Waals surface area contributed by atoms with Crippen molar-refractivity contribution in [3.05, 3.63) is 162 Å². The van der Waals surface area contributed by atoms with E-state index < -0.39 is 0 Å². The van der Waals surface area contributed by atoms with Crippen LogP contribution in [0, 0.1) is 5.41 Å². The molecule has 0 atom stereocenters. The van der Waals surface area contributed by atoms with Gasteiger partial charge in [0.2, 0.25) is 0 Å². The highest BCUT2D eigenvalue weighted by atomic mass is 14.6. The highest BCUT2D eigenvalue weighted by Crippen LogP contribution is 2.55. The topological polar surface area (TPSA) is 49.9 Å². The van der Waals surface area contributed by atoms with Gasteiger partial charge in [-0.2, -0.15) is 0 Å². The minimum absolute atomic E-state index is 0.402. The molecule has 0 aliphatic heterocycles. The smallest absolute Gasteiger partial charge is 0.0639 e. The quantitative estimate of drug-likeness (QED) is 0.207. The van der Waals surface area contributed by atoms with Gasteiger partial charge in [0.1, 0.15) is 0 Å². The van der Waals surface area contributed by atoms with Gasteiger partial charge in [-0.15, -0.1) is 0 Å². The lowest BCUT2D eigenvalue weighted by Gasteiger charge is -2.15. The van der Waals surface area contributed by atoms with Gasteiger partial charge >= 0.3 is 0 Å². The van der Waals surface area contributed by atoms with Crippen LogP contribution in [0.15, 0.2) is 140 Å². The van der Waals surface area contributed by atoms with Crippen LogP contribution >= 0.6 is 0 Å². The van der Waals surface area contributed by atoms with Crippen molar-refractivity contribution >= 4 is 33.0 Å². The van der Waals surface area contributed by atoms with Crippen LogP contribution in [0.5, 0.6) is 0 Å². The van der Waals surface area contributed by atoms with E-state index in [4.69, 9.17) is 11.1 Å². The van der Waals surface area contributed by atoms with E-state index in [1.807, 2.05) is 36.4 Å². The maximum atomic E-state index is 9.01. The van der Waals surface area contributed by atoms with E-state index in [-0.39, 0.29) is 0 Å². The van der Waals surface area contributed by atoms with Crippen LogP contribution in [0.3, 0.4) is 0 Å². The first-order chi connectivity index (χ1) is 21.7. The number of hydrogen-bond acceptors (Lipinski definition) is 2. The highest BCUT2D eigenvalue weighted by molar-refractivity contribution is 6.23. The van der Waals surface area contributed by atoms with Gasteiger partial charge in [-0.3, -0.25) is 0 Å². The monoisotopic (exact) mass is 560 g/mol. The fourth-order valence-corrected chi connectivity index (χ4v) is 7.54. The summed E-state index contributed by atoms with van der Waals surface area (Å²) in [4.78, 5) is 0. The molecule has 0 aromatic heterocycles. The van der Waals surface area contributed by atoms with Gasteiger partial charge in [0.05, 0.1) is 5.71 Å². The molecule has 0 saturated carbocycles. The third-order valence-electron chi connectivity index (χ3n) is 9.48. The Hall–Kier alpha value is -5.73. The van der Waals surface area contributed by atoms with Crippen LogP contribution in [0.25, 0.3) is 71.7 Å². The number of hydrogen-bond donors (Lipinski definition) is 2. The van der Waals surface area contributed by atoms with E-state index in [2.05, 4.69) is 97.1 Å². The second kappa shape index (κ2) is 9.39. The summed E-state index contributed by atoms with van der Waals surface area (Å²) >= 11 is 0. The van der Waals surface area contributed by atoms with Crippen molar-refractivity contribution in [3.8, 4) is 44.5 Å². The number of benzene rings is 7. The molecule has 2 aliphatic rings. The van der Waals surface area contributed by atoms with E-state index in [1.54, 1.807) is 6.08 Å². The number of allylic oxidation sites excluding steroid dienone is 1. The molecule has 206 valence electrons. The summed E-state index contributed by atoms with van der Waals surface area (Å²) in [6, 6.07) is 47.4. The molecule has 0 spiro atoms. The number of fused-ring (bicyclic) bond motifs is 8. The zero-order chi connectivity index (χ0) is 29.4. The molecular formula is C42H28N2. The summed E-state index contributed by atoms with van der Waals surface area (Å²) < 4.78 is 0. The predicted molar refractivity (Wildman–Crippen MR) is 185 cm³/mol. The SMILES string of the molecule is N=C(/C=C(\N)c1ccccc1)c1cccc2c(-c3cccc4c3-c3cccc5c6c(cc-4c35)-c3ccccc3C6)cccc12. The van der Waals surface area contributed by atoms with Crippen LogP contribution < -0.4 is 5.73 Å². The average molecular weight is 561 g/mol. The molecule has 2 aliphatic carbocycles. The van der Waals surface area contributed by atoms with E-state index in [1.165, 1.54) is 66.4 Å². The number of nitrogens with two attached hydrogens (primary N) is 1. The molecule has 7 aromatic carbocycles. The van der Waals surface area contributed by atoms with Crippen LogP contribution in [-0.2, 0) is 6.42 Å². The zero-order valence-corrected chi connectivity index (χ0v) is 24.1. The minimum atomic E-state index is 0.402. The van der Waals surface area contributed by atoms with Gasteiger partial charge < -0.3 is 11.1 Å². The van der Waals surface area contributed by atoms with Crippen molar-refractivity contribution in [1.29, 1.82) is 5.41 Å². The summed E-state index contributed by atoms with van der Waals surface area (Å²) in [5.74, 6) is 0. The molecule has 2 nitrogen and oxygen atoms in total. The Morgan fingerprint density at radius 3 is 2.05 bits per heavy atom. The van der Waals surface area contributed by atoms with Gasteiger partial charge in [-0.25, -0.2) is 0 Å². The number of nitrogens with one attached hydrogen (secondary N) is 1. The van der Waals surface area contributed by atoms with Crippen molar-refractivity contribution in [2.24, 2.45) is 5.73 Å². The summed E-state index contributed by atoms with van der Waals surface area (Å²) in [5, 5.41) is 13.9. The second-order valence-electron chi connectivity index (χ2n) is 11.8. The Labute approximate surface area is 256 Å². The Bertz CT molecular complexity index is 2380. The standard InChI is InChI=1S/C42H28N2/c43-39(25-10-2-1-3-11-25)24-40(44)31-17-7-14-28-29(31)15-6-16-30(28)32-18-8-20-34-38-23-37-27-13-5-4-12-26(27)22-36(37)33-19-9-21-35(41(32)34)42(33)38/h1-21,23-24,44H,22,43H2/b39-24-,44-40?. The molecule has 2 heteroatoms. The summed E-state index contributed by atoms with van der Waals surface area (Å²) in [6.07, 6.45) is 2.75. The Kier molecular flexibility index (Phi) is 5.30. The van der Waals surface area contributed by atoms with E-state index in [0.29, 0.717) is 11.4 Å². The van der Waals surface area contributed by atoms with E-state index >= 15 is 0 Å². The third kappa shape index (κ3) is 3.52. The maximum absolute atomic E-state index is 9.01. The third-order valence-corrected chi connectivity index (χ3v) is 9.48. The average Bonchev–Trinajstić information content (AvgIpc) is 3.62. The largest absolute Gasteiger partial charge is 0.398 e. The van der Waals surface area contributed by atoms with Crippen LogP contribution in [-0.4, -0.2) is 5.71 Å². The van der Waals surface area contributed by atoms with Gasteiger partial charge in [-0.1, -0.05) is 127 Å². The lowest BCUT2D eigenvalue weighted by molar-refractivity contribution is 1.28. The van der Waals surface area contributed by atoms with Crippen LogP contribution in [0.1, 0.15) is 22.3 Å². The van der Waals surface area contributed by atoms with Crippen molar-refractivity contribution in [3.63, 3.8) is 0 Å². The highest BCUT2D eigenvalue weighted by Gasteiger charge is 2.30. The van der Waals surface area contributed by atoms with E-state index in [0.717, 1.165) is 28.3 Å². The van der Waals surface area contributed by atoms with Crippen molar-refractivity contribution in [2.75, 3.05) is 0 Å². The lowest BCUT2D eigenvalue weighted by Crippen LogP contribution is -2.03. The zero-order valence-electron chi connectivity index (χ0n) is 24.1. The van der Waals surface area contributed by atoms with Crippen molar-refractivity contribution < 1.29 is 0 Å². The van der Waals surface area contributed by atoms with Gasteiger partial charge in [0.15, 0.2) is 0 Å². The van der Waals surface area contributed by atoms with Crippen LogP contribution in [0.2, 0.25) is 0 Å². The fraction of sp³-hybridized carbons (Fsp3) is 0.0238. The van der Waals surface area contributed by atoms with Gasteiger partial charge in [0, 0.05) is 11.3 Å². The normalized spacial score (nSPS) is 12.8. The first-order valence-electron chi connectivity index (χ1n) is 15.1. The molecule has 0 saturated heterocycles. The lowest BCUT2D eigenvalue weighted by atomic mass is 9.89. The molecule has 0 unspecified atom stereocenters. The van der Waals surface area contributed by atoms with Crippen molar-refractivity contribution in [2.45, 2.75) is 6.42 Å². The molecule has 0 heterocycles. The molecule has 7 aromatic rings. The molecule has 44 heavy (non-hydrogen) atoms. The van der Waals surface area contributed by atoms with Gasteiger partial charge in [0.25, 0.3) is 0 Å². The Balaban J connectivity index is 1.22.